The minimum absolute atomic E-state index is 0.0678. The molecule has 1 N–H and O–H groups in total. The van der Waals surface area contributed by atoms with E-state index in [9.17, 15) is 17.6 Å². The molecule has 1 atom stereocenters. The van der Waals surface area contributed by atoms with Gasteiger partial charge >= 0.3 is 0 Å². The first-order chi connectivity index (χ1) is 12.8. The van der Waals surface area contributed by atoms with Crippen LogP contribution in [0.25, 0.3) is 0 Å². The molecular formula is C20H25FN2O3S. The first kappa shape index (κ1) is 20.9. The summed E-state index contributed by atoms with van der Waals surface area (Å²) < 4.78 is 38.3. The van der Waals surface area contributed by atoms with E-state index in [1.165, 1.54) is 28.6 Å². The summed E-state index contributed by atoms with van der Waals surface area (Å²) in [6.07, 6.45) is 2.43. The molecule has 1 amide bonds. The number of carbonyl (C=O) groups is 1. The molecule has 0 aliphatic rings. The predicted molar refractivity (Wildman–Crippen MR) is 105 cm³/mol. The fraction of sp³-hybridized carbons (Fsp3) is 0.350. The maximum Gasteiger partial charge on any atom is 0.232 e. The first-order valence-corrected chi connectivity index (χ1v) is 10.7. The number of sulfonamides is 1. The lowest BCUT2D eigenvalue weighted by Crippen LogP contribution is -2.33. The molecule has 0 radical (unpaired) electrons. The molecule has 146 valence electrons. The molecule has 0 heterocycles. The average Bonchev–Trinajstić information content (AvgIpc) is 2.64. The lowest BCUT2D eigenvalue weighted by atomic mass is 10.0. The monoisotopic (exact) mass is 392 g/mol. The van der Waals surface area contributed by atoms with Gasteiger partial charge in [-0.2, -0.15) is 0 Å². The lowest BCUT2D eigenvalue weighted by molar-refractivity contribution is -0.121. The van der Waals surface area contributed by atoms with Crippen LogP contribution in [0.15, 0.2) is 54.6 Å². The third-order valence-electron chi connectivity index (χ3n) is 4.23. The molecule has 0 aromatic heterocycles. The standard InChI is InChI=1S/C20H25FN2O3S/c1-3-19(16-8-5-4-6-9-16)22-20(24)10-7-15-23(27(2,25)26)18-13-11-17(21)12-14-18/h4-6,8-9,11-14,19H,3,7,10,15H2,1-2H3,(H,22,24)/t19-/m0/s1. The Morgan fingerprint density at radius 1 is 1.11 bits per heavy atom. The summed E-state index contributed by atoms with van der Waals surface area (Å²) >= 11 is 0. The molecule has 0 bridgehead atoms. The van der Waals surface area contributed by atoms with Crippen LogP contribution >= 0.6 is 0 Å². The van der Waals surface area contributed by atoms with Gasteiger partial charge in [0.05, 0.1) is 18.0 Å². The van der Waals surface area contributed by atoms with Crippen LogP contribution < -0.4 is 9.62 Å². The van der Waals surface area contributed by atoms with E-state index in [-0.39, 0.29) is 24.9 Å². The highest BCUT2D eigenvalue weighted by Crippen LogP contribution is 2.19. The highest BCUT2D eigenvalue weighted by atomic mass is 32.2. The van der Waals surface area contributed by atoms with E-state index in [0.717, 1.165) is 18.2 Å². The van der Waals surface area contributed by atoms with E-state index in [1.54, 1.807) is 0 Å². The van der Waals surface area contributed by atoms with Gasteiger partial charge in [0.25, 0.3) is 0 Å². The Labute approximate surface area is 160 Å². The maximum absolute atomic E-state index is 13.1. The van der Waals surface area contributed by atoms with E-state index < -0.39 is 15.8 Å². The Bertz CT molecular complexity index is 839. The second-order valence-corrected chi connectivity index (χ2v) is 8.26. The summed E-state index contributed by atoms with van der Waals surface area (Å²) in [6.45, 7) is 2.15. The minimum Gasteiger partial charge on any atom is -0.349 e. The highest BCUT2D eigenvalue weighted by Gasteiger charge is 2.18. The second kappa shape index (κ2) is 9.50. The van der Waals surface area contributed by atoms with Crippen molar-refractivity contribution in [1.82, 2.24) is 5.32 Å². The third kappa shape index (κ3) is 6.36. The van der Waals surface area contributed by atoms with Gasteiger partial charge in [-0.05, 0) is 42.7 Å². The van der Waals surface area contributed by atoms with Crippen LogP contribution in [0.1, 0.15) is 37.8 Å². The quantitative estimate of drug-likeness (QED) is 0.708. The van der Waals surface area contributed by atoms with Crippen LogP contribution in [-0.2, 0) is 14.8 Å². The summed E-state index contributed by atoms with van der Waals surface area (Å²) in [5.74, 6) is -0.559. The lowest BCUT2D eigenvalue weighted by Gasteiger charge is -2.23. The van der Waals surface area contributed by atoms with Gasteiger partial charge in [0.2, 0.25) is 15.9 Å². The van der Waals surface area contributed by atoms with Crippen LogP contribution in [0.3, 0.4) is 0 Å². The number of hydrogen-bond acceptors (Lipinski definition) is 3. The fourth-order valence-electron chi connectivity index (χ4n) is 2.85. The van der Waals surface area contributed by atoms with Gasteiger partial charge in [0.15, 0.2) is 0 Å². The summed E-state index contributed by atoms with van der Waals surface area (Å²) in [5.41, 5.74) is 1.42. The van der Waals surface area contributed by atoms with E-state index >= 15 is 0 Å². The number of hydrogen-bond donors (Lipinski definition) is 1. The zero-order valence-corrected chi connectivity index (χ0v) is 16.4. The Morgan fingerprint density at radius 3 is 2.30 bits per heavy atom. The van der Waals surface area contributed by atoms with Gasteiger partial charge in [0.1, 0.15) is 5.82 Å². The Kier molecular flexibility index (Phi) is 7.36. The molecular weight excluding hydrogens is 367 g/mol. The molecule has 27 heavy (non-hydrogen) atoms. The topological polar surface area (TPSA) is 66.5 Å². The highest BCUT2D eigenvalue weighted by molar-refractivity contribution is 7.92. The van der Waals surface area contributed by atoms with Gasteiger partial charge in [0, 0.05) is 13.0 Å². The number of nitrogens with zero attached hydrogens (tertiary/aromatic N) is 1. The molecule has 0 aliphatic carbocycles. The SMILES string of the molecule is CC[C@H](NC(=O)CCCN(c1ccc(F)cc1)S(C)(=O)=O)c1ccccc1. The zero-order valence-electron chi connectivity index (χ0n) is 15.6. The molecule has 0 saturated heterocycles. The fourth-order valence-corrected chi connectivity index (χ4v) is 3.82. The molecule has 2 aromatic carbocycles. The number of benzene rings is 2. The summed E-state index contributed by atoms with van der Waals surface area (Å²) in [4.78, 5) is 12.3. The van der Waals surface area contributed by atoms with Gasteiger partial charge in [-0.25, -0.2) is 12.8 Å². The Hall–Kier alpha value is -2.41. The first-order valence-electron chi connectivity index (χ1n) is 8.89. The minimum atomic E-state index is -3.52. The molecule has 7 heteroatoms. The van der Waals surface area contributed by atoms with Crippen molar-refractivity contribution >= 4 is 21.6 Å². The molecule has 0 spiro atoms. The largest absolute Gasteiger partial charge is 0.349 e. The van der Waals surface area contributed by atoms with Gasteiger partial charge in [-0.3, -0.25) is 9.10 Å². The van der Waals surface area contributed by atoms with Crippen LogP contribution in [0.2, 0.25) is 0 Å². The van der Waals surface area contributed by atoms with Gasteiger partial charge < -0.3 is 5.32 Å². The Balaban J connectivity index is 1.94. The van der Waals surface area contributed by atoms with Crippen LogP contribution in [-0.4, -0.2) is 27.1 Å². The number of carbonyl (C=O) groups excluding carboxylic acids is 1. The molecule has 0 aliphatic heterocycles. The van der Waals surface area contributed by atoms with Crippen LogP contribution in [0, 0.1) is 5.82 Å². The number of amides is 1. The normalized spacial score (nSPS) is 12.4. The van der Waals surface area contributed by atoms with Crippen molar-refractivity contribution in [2.45, 2.75) is 32.2 Å². The Morgan fingerprint density at radius 2 is 1.74 bits per heavy atom. The molecule has 0 fully saturated rings. The number of rotatable bonds is 9. The van der Waals surface area contributed by atoms with Gasteiger partial charge in [-0.15, -0.1) is 0 Å². The zero-order chi connectivity index (χ0) is 19.9. The molecule has 5 nitrogen and oxygen atoms in total. The van der Waals surface area contributed by atoms with E-state index in [1.807, 2.05) is 37.3 Å². The second-order valence-electron chi connectivity index (χ2n) is 6.35. The van der Waals surface area contributed by atoms with Crippen molar-refractivity contribution in [3.8, 4) is 0 Å². The predicted octanol–water partition coefficient (Wildman–Crippen LogP) is 3.64. The third-order valence-corrected chi connectivity index (χ3v) is 5.42. The van der Waals surface area contributed by atoms with Crippen LogP contribution in [0.5, 0.6) is 0 Å². The van der Waals surface area contributed by atoms with E-state index in [0.29, 0.717) is 12.1 Å². The van der Waals surface area contributed by atoms with Crippen molar-refractivity contribution in [2.75, 3.05) is 17.1 Å². The molecule has 0 saturated carbocycles. The number of nitrogens with one attached hydrogen (secondary N) is 1. The van der Waals surface area contributed by atoms with Crippen molar-refractivity contribution in [1.29, 1.82) is 0 Å². The van der Waals surface area contributed by atoms with Crippen molar-refractivity contribution in [3.63, 3.8) is 0 Å². The summed E-state index contributed by atoms with van der Waals surface area (Å²) in [5, 5.41) is 2.99. The van der Waals surface area contributed by atoms with E-state index in [2.05, 4.69) is 5.32 Å². The van der Waals surface area contributed by atoms with Crippen molar-refractivity contribution < 1.29 is 17.6 Å². The van der Waals surface area contributed by atoms with Crippen molar-refractivity contribution in [3.05, 3.63) is 66.0 Å². The molecule has 0 unspecified atom stereocenters. The van der Waals surface area contributed by atoms with E-state index in [4.69, 9.17) is 0 Å². The molecule has 2 aromatic rings. The molecule has 2 rings (SSSR count). The van der Waals surface area contributed by atoms with Crippen LogP contribution in [0.4, 0.5) is 10.1 Å². The summed E-state index contributed by atoms with van der Waals surface area (Å²) in [7, 11) is -3.52. The number of halogens is 1. The number of anilines is 1. The van der Waals surface area contributed by atoms with Gasteiger partial charge in [-0.1, -0.05) is 37.3 Å². The maximum atomic E-state index is 13.1. The van der Waals surface area contributed by atoms with Crippen molar-refractivity contribution in [2.24, 2.45) is 0 Å². The smallest absolute Gasteiger partial charge is 0.232 e. The average molecular weight is 392 g/mol. The summed E-state index contributed by atoms with van der Waals surface area (Å²) in [6, 6.07) is 14.9.